The summed E-state index contributed by atoms with van der Waals surface area (Å²) in [5.74, 6) is -0.662. The lowest BCUT2D eigenvalue weighted by molar-refractivity contribution is -0.696. The van der Waals surface area contributed by atoms with E-state index in [2.05, 4.69) is 15.7 Å². The number of carboxylic acids is 1. The maximum Gasteiger partial charge on any atom is 0.303 e. The molecule has 0 spiro atoms. The van der Waals surface area contributed by atoms with E-state index in [0.29, 0.717) is 6.42 Å². The van der Waals surface area contributed by atoms with Crippen LogP contribution in [0.25, 0.3) is 0 Å². The number of carboxylic acid groups (broad SMARTS) is 1. The number of unbranched alkanes of at least 4 members (excludes halogenated alkanes) is 10. The van der Waals surface area contributed by atoms with Crippen LogP contribution in [-0.2, 0) is 11.3 Å². The van der Waals surface area contributed by atoms with Crippen molar-refractivity contribution in [3.8, 4) is 0 Å². The number of aliphatic carboxylic acids is 1. The molecule has 21 heavy (non-hydrogen) atoms. The van der Waals surface area contributed by atoms with Gasteiger partial charge in [0.1, 0.15) is 12.4 Å². The zero-order valence-electron chi connectivity index (χ0n) is 13.2. The van der Waals surface area contributed by atoms with Gasteiger partial charge < -0.3 is 5.11 Å². The van der Waals surface area contributed by atoms with Crippen LogP contribution in [0.15, 0.2) is 18.7 Å². The minimum Gasteiger partial charge on any atom is -0.481 e. The molecular weight excluding hydrogens is 264 g/mol. The Morgan fingerprint density at radius 3 is 1.86 bits per heavy atom. The van der Waals surface area contributed by atoms with Gasteiger partial charge in [-0.3, -0.25) is 9.78 Å². The molecule has 4 heteroatoms. The molecule has 0 atom stereocenters. The number of aromatic nitrogens is 2. The van der Waals surface area contributed by atoms with Gasteiger partial charge in [0.2, 0.25) is 6.33 Å². The van der Waals surface area contributed by atoms with E-state index < -0.39 is 5.97 Å². The monoisotopic (exact) mass is 295 g/mol. The third kappa shape index (κ3) is 11.1. The Hall–Kier alpha value is -1.32. The van der Waals surface area contributed by atoms with Crippen LogP contribution in [0, 0.1) is 0 Å². The second kappa shape index (κ2) is 12.4. The van der Waals surface area contributed by atoms with Gasteiger partial charge in [0.25, 0.3) is 0 Å². The molecule has 0 saturated carbocycles. The van der Waals surface area contributed by atoms with Gasteiger partial charge >= 0.3 is 5.97 Å². The molecular formula is C17H31N2O2+. The molecule has 1 aromatic rings. The van der Waals surface area contributed by atoms with Crippen LogP contribution in [0.5, 0.6) is 0 Å². The van der Waals surface area contributed by atoms with Gasteiger partial charge in [0.15, 0.2) is 0 Å². The number of hydrogen-bond acceptors (Lipinski definition) is 1. The normalized spacial score (nSPS) is 10.9. The van der Waals surface area contributed by atoms with Crippen LogP contribution in [0.2, 0.25) is 0 Å². The highest BCUT2D eigenvalue weighted by atomic mass is 16.4. The van der Waals surface area contributed by atoms with E-state index in [0.717, 1.165) is 19.4 Å². The Labute approximate surface area is 128 Å². The summed E-state index contributed by atoms with van der Waals surface area (Å²) >= 11 is 0. The summed E-state index contributed by atoms with van der Waals surface area (Å²) in [5.41, 5.74) is 0. The lowest BCUT2D eigenvalue weighted by Crippen LogP contribution is -2.30. The molecule has 0 radical (unpaired) electrons. The molecule has 0 aliphatic rings. The van der Waals surface area contributed by atoms with Crippen molar-refractivity contribution in [3.05, 3.63) is 18.7 Å². The topological polar surface area (TPSA) is 57.0 Å². The van der Waals surface area contributed by atoms with Crippen molar-refractivity contribution in [3.63, 3.8) is 0 Å². The number of imidazole rings is 1. The average molecular weight is 295 g/mol. The number of aromatic amines is 1. The third-order valence-corrected chi connectivity index (χ3v) is 3.91. The number of H-pyrrole nitrogens is 1. The molecule has 0 fully saturated rings. The number of hydrogen-bond donors (Lipinski definition) is 2. The first-order valence-corrected chi connectivity index (χ1v) is 8.52. The Morgan fingerprint density at radius 1 is 0.857 bits per heavy atom. The second-order valence-electron chi connectivity index (χ2n) is 5.88. The number of aryl methyl sites for hydroxylation is 1. The van der Waals surface area contributed by atoms with Crippen molar-refractivity contribution in [2.75, 3.05) is 0 Å². The van der Waals surface area contributed by atoms with Gasteiger partial charge in [-0.2, -0.15) is 0 Å². The van der Waals surface area contributed by atoms with Crippen LogP contribution in [0.1, 0.15) is 77.0 Å². The first-order chi connectivity index (χ1) is 10.3. The maximum absolute atomic E-state index is 10.3. The minimum atomic E-state index is -0.662. The Balaban J connectivity index is 1.72. The highest BCUT2D eigenvalue weighted by molar-refractivity contribution is 5.66. The zero-order chi connectivity index (χ0) is 15.2. The SMILES string of the molecule is O=C(O)CCCCCCCCCCCCC[n+]1cc[nH]c1. The number of carbonyl (C=O) groups is 1. The van der Waals surface area contributed by atoms with Gasteiger partial charge in [0, 0.05) is 6.42 Å². The van der Waals surface area contributed by atoms with Crippen molar-refractivity contribution in [1.29, 1.82) is 0 Å². The number of nitrogens with one attached hydrogen (secondary N) is 1. The quantitative estimate of drug-likeness (QED) is 0.401. The minimum absolute atomic E-state index is 0.334. The molecule has 0 aliphatic heterocycles. The van der Waals surface area contributed by atoms with Gasteiger partial charge in [-0.15, -0.1) is 0 Å². The average Bonchev–Trinajstić information content (AvgIpc) is 2.97. The van der Waals surface area contributed by atoms with Gasteiger partial charge in [-0.1, -0.05) is 51.4 Å². The molecule has 1 rings (SSSR count). The second-order valence-corrected chi connectivity index (χ2v) is 5.88. The predicted octanol–water partition coefficient (Wildman–Crippen LogP) is 4.07. The maximum atomic E-state index is 10.3. The van der Waals surface area contributed by atoms with Crippen LogP contribution in [0.3, 0.4) is 0 Å². The summed E-state index contributed by atoms with van der Waals surface area (Å²) in [7, 11) is 0. The smallest absolute Gasteiger partial charge is 0.303 e. The fourth-order valence-corrected chi connectivity index (χ4v) is 2.62. The summed E-state index contributed by atoms with van der Waals surface area (Å²) in [6.07, 6.45) is 20.1. The van der Waals surface area contributed by atoms with Crippen molar-refractivity contribution in [2.45, 2.75) is 83.6 Å². The van der Waals surface area contributed by atoms with Crippen molar-refractivity contribution in [2.24, 2.45) is 0 Å². The van der Waals surface area contributed by atoms with Crippen LogP contribution in [0.4, 0.5) is 0 Å². The molecule has 120 valence electrons. The van der Waals surface area contributed by atoms with E-state index in [4.69, 9.17) is 5.11 Å². The largest absolute Gasteiger partial charge is 0.481 e. The van der Waals surface area contributed by atoms with Crippen molar-refractivity contribution in [1.82, 2.24) is 4.98 Å². The van der Waals surface area contributed by atoms with E-state index in [9.17, 15) is 4.79 Å². The Kier molecular flexibility index (Phi) is 10.5. The van der Waals surface area contributed by atoms with E-state index in [-0.39, 0.29) is 0 Å². The van der Waals surface area contributed by atoms with E-state index in [1.807, 2.05) is 12.5 Å². The van der Waals surface area contributed by atoms with E-state index in [1.54, 1.807) is 0 Å². The zero-order valence-corrected chi connectivity index (χ0v) is 13.2. The summed E-state index contributed by atoms with van der Waals surface area (Å²) in [5, 5.41) is 8.53. The lowest BCUT2D eigenvalue weighted by Gasteiger charge is -2.02. The van der Waals surface area contributed by atoms with E-state index in [1.165, 1.54) is 57.8 Å². The summed E-state index contributed by atoms with van der Waals surface area (Å²) in [6.45, 7) is 1.12. The molecule has 1 heterocycles. The molecule has 1 aromatic heterocycles. The van der Waals surface area contributed by atoms with Crippen molar-refractivity contribution >= 4 is 5.97 Å². The molecule has 0 saturated heterocycles. The lowest BCUT2D eigenvalue weighted by atomic mass is 10.1. The Morgan fingerprint density at radius 2 is 1.38 bits per heavy atom. The van der Waals surface area contributed by atoms with Crippen LogP contribution in [-0.4, -0.2) is 16.1 Å². The predicted molar refractivity (Wildman–Crippen MR) is 84.0 cm³/mol. The molecule has 0 unspecified atom stereocenters. The standard InChI is InChI=1S/C17H30N2O2/c20-17(21)12-10-8-6-4-2-1-3-5-7-9-11-14-19-15-13-18-16-19/h13,15-16H,1-12,14H2,(H,20,21)/p+1. The fourth-order valence-electron chi connectivity index (χ4n) is 2.62. The number of nitrogens with zero attached hydrogens (tertiary/aromatic N) is 1. The summed E-state index contributed by atoms with van der Waals surface area (Å²) < 4.78 is 2.20. The Bertz CT molecular complexity index is 350. The number of rotatable bonds is 14. The molecule has 2 N–H and O–H groups in total. The van der Waals surface area contributed by atoms with Crippen LogP contribution >= 0.6 is 0 Å². The first-order valence-electron chi connectivity index (χ1n) is 8.52. The van der Waals surface area contributed by atoms with Gasteiger partial charge in [0.05, 0.1) is 6.54 Å². The highest BCUT2D eigenvalue weighted by Crippen LogP contribution is 2.11. The first kappa shape index (κ1) is 17.7. The summed E-state index contributed by atoms with van der Waals surface area (Å²) in [6, 6.07) is 0. The van der Waals surface area contributed by atoms with Crippen molar-refractivity contribution < 1.29 is 14.5 Å². The third-order valence-electron chi connectivity index (χ3n) is 3.91. The molecule has 0 amide bonds. The van der Waals surface area contributed by atoms with Crippen LogP contribution < -0.4 is 4.57 Å². The van der Waals surface area contributed by atoms with Gasteiger partial charge in [-0.25, -0.2) is 4.57 Å². The fraction of sp³-hybridized carbons (Fsp3) is 0.765. The molecule has 0 bridgehead atoms. The highest BCUT2D eigenvalue weighted by Gasteiger charge is 1.98. The van der Waals surface area contributed by atoms with Gasteiger partial charge in [-0.05, 0) is 19.3 Å². The molecule has 0 aromatic carbocycles. The molecule has 0 aliphatic carbocycles. The van der Waals surface area contributed by atoms with E-state index >= 15 is 0 Å². The summed E-state index contributed by atoms with van der Waals surface area (Å²) in [4.78, 5) is 13.4. The molecule has 4 nitrogen and oxygen atoms in total.